The van der Waals surface area contributed by atoms with Gasteiger partial charge in [-0.3, -0.25) is 29.0 Å². The van der Waals surface area contributed by atoms with Gasteiger partial charge in [0.1, 0.15) is 5.84 Å². The Hall–Kier alpha value is -4.34. The number of piperazine rings is 1. The summed E-state index contributed by atoms with van der Waals surface area (Å²) >= 11 is 0. The molecular formula is C25H28N8O2. The van der Waals surface area contributed by atoms with Crippen molar-refractivity contribution in [3.05, 3.63) is 60.8 Å². The van der Waals surface area contributed by atoms with Crippen molar-refractivity contribution in [1.82, 2.24) is 24.2 Å². The third-order valence-electron chi connectivity index (χ3n) is 5.75. The number of aliphatic imine (C=N–C) groups is 2. The highest BCUT2D eigenvalue weighted by molar-refractivity contribution is 5.93. The summed E-state index contributed by atoms with van der Waals surface area (Å²) in [6.45, 7) is 9.74. The fraction of sp³-hybridized carbons (Fsp3) is 0.280. The standard InChI is InChI=1S/C25H28N8O2/c1-18(34)30-21-6-4-20(5-7-21)23-17-33-22(15-29-25(33)16-27-23)14-28-24(8-9-26-3)32-12-10-31(11-13-32)19(2)35/h4-9,15-17H,3,10-14H2,1-2H3,(H,30,34)/b9-8-,28-24+. The summed E-state index contributed by atoms with van der Waals surface area (Å²) in [4.78, 5) is 44.5. The van der Waals surface area contributed by atoms with Gasteiger partial charge in [-0.05, 0) is 24.9 Å². The van der Waals surface area contributed by atoms with Crippen LogP contribution in [0.2, 0.25) is 0 Å². The van der Waals surface area contributed by atoms with Crippen LogP contribution in [0.3, 0.4) is 0 Å². The first kappa shape index (κ1) is 23.8. The highest BCUT2D eigenvalue weighted by atomic mass is 16.2. The van der Waals surface area contributed by atoms with Crippen molar-refractivity contribution in [2.75, 3.05) is 31.5 Å². The average Bonchev–Trinajstić information content (AvgIpc) is 3.26. The van der Waals surface area contributed by atoms with E-state index in [1.54, 1.807) is 25.5 Å². The maximum atomic E-state index is 11.7. The number of carbonyl (C=O) groups is 2. The van der Waals surface area contributed by atoms with Crippen LogP contribution in [0.5, 0.6) is 0 Å². The molecule has 35 heavy (non-hydrogen) atoms. The van der Waals surface area contributed by atoms with Crippen LogP contribution in [0.1, 0.15) is 19.5 Å². The van der Waals surface area contributed by atoms with Crippen LogP contribution >= 0.6 is 0 Å². The molecule has 2 aromatic heterocycles. The summed E-state index contributed by atoms with van der Waals surface area (Å²) < 4.78 is 1.98. The van der Waals surface area contributed by atoms with E-state index in [4.69, 9.17) is 4.99 Å². The summed E-state index contributed by atoms with van der Waals surface area (Å²) in [5.41, 5.74) is 4.09. The van der Waals surface area contributed by atoms with E-state index in [-0.39, 0.29) is 11.8 Å². The van der Waals surface area contributed by atoms with Crippen LogP contribution in [0, 0.1) is 0 Å². The van der Waals surface area contributed by atoms with E-state index in [0.29, 0.717) is 32.7 Å². The zero-order valence-corrected chi connectivity index (χ0v) is 19.9. The molecule has 1 fully saturated rings. The molecule has 1 N–H and O–H groups in total. The van der Waals surface area contributed by atoms with Crippen molar-refractivity contribution in [3.8, 4) is 11.3 Å². The zero-order chi connectivity index (χ0) is 24.8. The highest BCUT2D eigenvalue weighted by Gasteiger charge is 2.20. The van der Waals surface area contributed by atoms with Gasteiger partial charge in [-0.25, -0.2) is 4.98 Å². The second-order valence-electron chi connectivity index (χ2n) is 8.17. The fourth-order valence-corrected chi connectivity index (χ4v) is 3.92. The van der Waals surface area contributed by atoms with E-state index in [0.717, 1.165) is 34.1 Å². The van der Waals surface area contributed by atoms with Gasteiger partial charge in [-0.15, -0.1) is 0 Å². The molecule has 0 unspecified atom stereocenters. The van der Waals surface area contributed by atoms with Crippen LogP contribution in [0.25, 0.3) is 16.9 Å². The Morgan fingerprint density at radius 3 is 2.43 bits per heavy atom. The van der Waals surface area contributed by atoms with Gasteiger partial charge in [0, 0.05) is 63.7 Å². The average molecular weight is 473 g/mol. The topological polar surface area (TPSA) is 108 Å². The monoisotopic (exact) mass is 472 g/mol. The van der Waals surface area contributed by atoms with Crippen LogP contribution in [-0.2, 0) is 16.1 Å². The lowest BCUT2D eigenvalue weighted by Crippen LogP contribution is -2.49. The molecule has 4 rings (SSSR count). The normalized spacial score (nSPS) is 14.5. The Kier molecular flexibility index (Phi) is 7.30. The summed E-state index contributed by atoms with van der Waals surface area (Å²) in [5.74, 6) is 0.768. The maximum Gasteiger partial charge on any atom is 0.221 e. The van der Waals surface area contributed by atoms with Gasteiger partial charge in [0.15, 0.2) is 5.65 Å². The molecule has 10 nitrogen and oxygen atoms in total. The molecule has 1 aliphatic heterocycles. The number of nitrogens with one attached hydrogen (secondary N) is 1. The van der Waals surface area contributed by atoms with E-state index in [2.05, 4.69) is 31.9 Å². The Morgan fingerprint density at radius 2 is 1.77 bits per heavy atom. The van der Waals surface area contributed by atoms with Crippen molar-refractivity contribution in [3.63, 3.8) is 0 Å². The number of carbonyl (C=O) groups excluding carboxylic acids is 2. The molecule has 1 aromatic carbocycles. The van der Waals surface area contributed by atoms with Gasteiger partial charge in [-0.2, -0.15) is 0 Å². The van der Waals surface area contributed by atoms with E-state index < -0.39 is 0 Å². The van der Waals surface area contributed by atoms with E-state index in [1.807, 2.05) is 45.8 Å². The zero-order valence-electron chi connectivity index (χ0n) is 19.9. The molecule has 180 valence electrons. The predicted molar refractivity (Wildman–Crippen MR) is 136 cm³/mol. The first-order valence-electron chi connectivity index (χ1n) is 11.3. The van der Waals surface area contributed by atoms with Crippen molar-refractivity contribution in [2.45, 2.75) is 20.4 Å². The molecule has 0 bridgehead atoms. The van der Waals surface area contributed by atoms with Gasteiger partial charge in [0.2, 0.25) is 11.8 Å². The number of amidine groups is 1. The van der Waals surface area contributed by atoms with E-state index >= 15 is 0 Å². The lowest BCUT2D eigenvalue weighted by molar-refractivity contribution is -0.130. The third kappa shape index (κ3) is 5.78. The lowest BCUT2D eigenvalue weighted by Gasteiger charge is -2.35. The van der Waals surface area contributed by atoms with Crippen LogP contribution in [0.15, 0.2) is 65.1 Å². The summed E-state index contributed by atoms with van der Waals surface area (Å²) in [5, 5.41) is 2.77. The van der Waals surface area contributed by atoms with Gasteiger partial charge in [0.25, 0.3) is 0 Å². The Morgan fingerprint density at radius 1 is 1.06 bits per heavy atom. The Bertz CT molecular complexity index is 1280. The minimum absolute atomic E-state index is 0.0892. The second-order valence-corrected chi connectivity index (χ2v) is 8.17. The third-order valence-corrected chi connectivity index (χ3v) is 5.75. The largest absolute Gasteiger partial charge is 0.353 e. The number of amides is 2. The predicted octanol–water partition coefficient (Wildman–Crippen LogP) is 2.63. The molecular weight excluding hydrogens is 444 g/mol. The number of imidazole rings is 1. The Labute approximate surface area is 203 Å². The van der Waals surface area contributed by atoms with Crippen molar-refractivity contribution in [2.24, 2.45) is 9.98 Å². The molecule has 10 heteroatoms. The van der Waals surface area contributed by atoms with E-state index in [1.165, 1.54) is 6.92 Å². The SMILES string of the molecule is C=N/C=C\C(=N/Cc1cnc2cnc(-c3ccc(NC(C)=O)cc3)cn12)N1CCN(C(C)=O)CC1. The summed E-state index contributed by atoms with van der Waals surface area (Å²) in [6, 6.07) is 7.53. The number of fused-ring (bicyclic) bond motifs is 1. The number of hydrogen-bond acceptors (Lipinski definition) is 6. The minimum atomic E-state index is -0.111. The van der Waals surface area contributed by atoms with Gasteiger partial charge in [0.05, 0.1) is 30.3 Å². The molecule has 2 amide bonds. The molecule has 0 saturated carbocycles. The summed E-state index contributed by atoms with van der Waals surface area (Å²) in [7, 11) is 0. The number of hydrogen-bond donors (Lipinski definition) is 1. The van der Waals surface area contributed by atoms with Crippen LogP contribution < -0.4 is 5.32 Å². The molecule has 0 aliphatic carbocycles. The molecule has 1 saturated heterocycles. The first-order valence-corrected chi connectivity index (χ1v) is 11.3. The number of nitrogens with zero attached hydrogens (tertiary/aromatic N) is 7. The highest BCUT2D eigenvalue weighted by Crippen LogP contribution is 2.21. The molecule has 0 atom stereocenters. The number of rotatable bonds is 6. The molecule has 1 aliphatic rings. The van der Waals surface area contributed by atoms with Crippen molar-refractivity contribution < 1.29 is 9.59 Å². The fourth-order valence-electron chi connectivity index (χ4n) is 3.92. The minimum Gasteiger partial charge on any atom is -0.353 e. The van der Waals surface area contributed by atoms with Crippen molar-refractivity contribution in [1.29, 1.82) is 0 Å². The lowest BCUT2D eigenvalue weighted by atomic mass is 10.1. The van der Waals surface area contributed by atoms with Gasteiger partial charge in [-0.1, -0.05) is 12.1 Å². The number of aromatic nitrogens is 3. The Balaban J connectivity index is 1.55. The second kappa shape index (κ2) is 10.7. The smallest absolute Gasteiger partial charge is 0.221 e. The van der Waals surface area contributed by atoms with Crippen LogP contribution in [-0.4, -0.2) is 74.7 Å². The first-order chi connectivity index (χ1) is 16.9. The number of anilines is 1. The molecule has 3 aromatic rings. The number of benzene rings is 1. The van der Waals surface area contributed by atoms with Gasteiger partial charge < -0.3 is 15.1 Å². The quantitative estimate of drug-likeness (QED) is 0.438. The summed E-state index contributed by atoms with van der Waals surface area (Å²) in [6.07, 6.45) is 8.92. The van der Waals surface area contributed by atoms with Crippen molar-refractivity contribution >= 4 is 35.7 Å². The van der Waals surface area contributed by atoms with Gasteiger partial charge >= 0.3 is 0 Å². The van der Waals surface area contributed by atoms with E-state index in [9.17, 15) is 9.59 Å². The molecule has 3 heterocycles. The molecule has 0 spiro atoms. The maximum absolute atomic E-state index is 11.7. The molecule has 0 radical (unpaired) electrons. The van der Waals surface area contributed by atoms with Crippen LogP contribution in [0.4, 0.5) is 5.69 Å².